The topological polar surface area (TPSA) is 17.1 Å². The van der Waals surface area contributed by atoms with Crippen molar-refractivity contribution < 1.29 is 22.4 Å². The molecule has 0 amide bonds. The third-order valence-electron chi connectivity index (χ3n) is 4.26. The van der Waals surface area contributed by atoms with Crippen molar-refractivity contribution in [3.8, 4) is 0 Å². The van der Waals surface area contributed by atoms with Crippen LogP contribution in [0.15, 0.2) is 18.2 Å². The number of ketones is 1. The highest BCUT2D eigenvalue weighted by Gasteiger charge is 2.40. The molecule has 20 heavy (non-hydrogen) atoms. The van der Waals surface area contributed by atoms with Gasteiger partial charge in [0.1, 0.15) is 5.82 Å². The van der Waals surface area contributed by atoms with Gasteiger partial charge in [0.25, 0.3) is 0 Å². The molecule has 1 fully saturated rings. The molecule has 0 heterocycles. The average Bonchev–Trinajstić information content (AvgIpc) is 2.86. The third kappa shape index (κ3) is 2.58. The van der Waals surface area contributed by atoms with Gasteiger partial charge >= 0.3 is 6.18 Å². The summed E-state index contributed by atoms with van der Waals surface area (Å²) in [5, 5.41) is 0. The van der Waals surface area contributed by atoms with Crippen molar-refractivity contribution >= 4 is 5.78 Å². The molecule has 1 nitrogen and oxygen atoms in total. The van der Waals surface area contributed by atoms with Crippen LogP contribution in [0.4, 0.5) is 17.6 Å². The molecule has 0 unspecified atom stereocenters. The summed E-state index contributed by atoms with van der Waals surface area (Å²) in [6.45, 7) is 1.89. The summed E-state index contributed by atoms with van der Waals surface area (Å²) in [6.07, 6.45) is -0.780. The van der Waals surface area contributed by atoms with Gasteiger partial charge in [0.15, 0.2) is 5.78 Å². The monoisotopic (exact) mass is 288 g/mol. The van der Waals surface area contributed by atoms with Crippen LogP contribution in [-0.2, 0) is 6.18 Å². The summed E-state index contributed by atoms with van der Waals surface area (Å²) in [7, 11) is 0. The zero-order valence-corrected chi connectivity index (χ0v) is 11.2. The SMILES string of the molecule is CCC1(C(=O)c2ccc(C(F)(F)F)c(F)c2)CCCC1. The number of carbonyl (C=O) groups excluding carboxylic acids is 1. The first-order valence-electron chi connectivity index (χ1n) is 6.72. The van der Waals surface area contributed by atoms with Gasteiger partial charge in [0, 0.05) is 11.0 Å². The Morgan fingerprint density at radius 2 is 1.85 bits per heavy atom. The summed E-state index contributed by atoms with van der Waals surface area (Å²) in [6, 6.07) is 2.46. The fourth-order valence-electron chi connectivity index (χ4n) is 2.99. The Kier molecular flexibility index (Phi) is 3.89. The van der Waals surface area contributed by atoms with Crippen molar-refractivity contribution in [3.05, 3.63) is 35.1 Å². The lowest BCUT2D eigenvalue weighted by Crippen LogP contribution is -2.27. The zero-order valence-electron chi connectivity index (χ0n) is 11.2. The number of rotatable bonds is 3. The molecule has 1 aliphatic carbocycles. The van der Waals surface area contributed by atoms with Crippen LogP contribution in [-0.4, -0.2) is 5.78 Å². The van der Waals surface area contributed by atoms with Crippen molar-refractivity contribution in [2.24, 2.45) is 5.41 Å². The molecule has 0 atom stereocenters. The van der Waals surface area contributed by atoms with E-state index in [1.54, 1.807) is 0 Å². The molecule has 1 aromatic rings. The number of alkyl halides is 3. The molecule has 0 aliphatic heterocycles. The second kappa shape index (κ2) is 5.19. The molecule has 1 saturated carbocycles. The fourth-order valence-corrected chi connectivity index (χ4v) is 2.99. The molecule has 1 aliphatic rings. The van der Waals surface area contributed by atoms with Gasteiger partial charge in [-0.15, -0.1) is 0 Å². The molecular formula is C15H16F4O. The minimum Gasteiger partial charge on any atom is -0.294 e. The normalized spacial score (nSPS) is 18.2. The number of hydrogen-bond acceptors (Lipinski definition) is 1. The minimum atomic E-state index is -4.73. The van der Waals surface area contributed by atoms with Crippen molar-refractivity contribution in [2.45, 2.75) is 45.2 Å². The molecule has 0 saturated heterocycles. The van der Waals surface area contributed by atoms with E-state index in [4.69, 9.17) is 0 Å². The number of benzene rings is 1. The second-order valence-electron chi connectivity index (χ2n) is 5.36. The maximum atomic E-state index is 13.5. The molecule has 0 spiro atoms. The van der Waals surface area contributed by atoms with Gasteiger partial charge in [-0.05, 0) is 31.4 Å². The summed E-state index contributed by atoms with van der Waals surface area (Å²) >= 11 is 0. The van der Waals surface area contributed by atoms with Crippen LogP contribution in [0.1, 0.15) is 54.9 Å². The highest BCUT2D eigenvalue weighted by atomic mass is 19.4. The largest absolute Gasteiger partial charge is 0.419 e. The highest BCUT2D eigenvalue weighted by molar-refractivity contribution is 6.00. The van der Waals surface area contributed by atoms with E-state index >= 15 is 0 Å². The van der Waals surface area contributed by atoms with Gasteiger partial charge in [-0.1, -0.05) is 25.8 Å². The first-order chi connectivity index (χ1) is 9.30. The van der Waals surface area contributed by atoms with Gasteiger partial charge < -0.3 is 0 Å². The molecule has 5 heteroatoms. The Balaban J connectivity index is 2.35. The van der Waals surface area contributed by atoms with Crippen LogP contribution in [0.5, 0.6) is 0 Å². The summed E-state index contributed by atoms with van der Waals surface area (Å²) in [5.74, 6) is -1.61. The summed E-state index contributed by atoms with van der Waals surface area (Å²) < 4.78 is 51.0. The van der Waals surface area contributed by atoms with E-state index in [0.29, 0.717) is 12.5 Å². The molecule has 0 bridgehead atoms. The molecule has 0 radical (unpaired) electrons. The number of Topliss-reactive ketones (excluding diaryl/α,β-unsaturated/α-hetero) is 1. The van der Waals surface area contributed by atoms with Gasteiger partial charge in [0.05, 0.1) is 5.56 Å². The van der Waals surface area contributed by atoms with Gasteiger partial charge in [0.2, 0.25) is 0 Å². The van der Waals surface area contributed by atoms with Crippen LogP contribution >= 0.6 is 0 Å². The van der Waals surface area contributed by atoms with E-state index in [2.05, 4.69) is 0 Å². The quantitative estimate of drug-likeness (QED) is 0.565. The van der Waals surface area contributed by atoms with E-state index in [1.807, 2.05) is 6.92 Å². The lowest BCUT2D eigenvalue weighted by atomic mass is 9.76. The minimum absolute atomic E-state index is 0.0410. The van der Waals surface area contributed by atoms with Gasteiger partial charge in [-0.3, -0.25) is 4.79 Å². The smallest absolute Gasteiger partial charge is 0.294 e. The molecule has 1 aromatic carbocycles. The van der Waals surface area contributed by atoms with Crippen molar-refractivity contribution in [1.29, 1.82) is 0 Å². The Hall–Kier alpha value is -1.39. The van der Waals surface area contributed by atoms with E-state index in [9.17, 15) is 22.4 Å². The molecule has 0 N–H and O–H groups in total. The molecule has 0 aromatic heterocycles. The Morgan fingerprint density at radius 1 is 1.25 bits per heavy atom. The lowest BCUT2D eigenvalue weighted by molar-refractivity contribution is -0.140. The second-order valence-corrected chi connectivity index (χ2v) is 5.36. The average molecular weight is 288 g/mol. The summed E-state index contributed by atoms with van der Waals surface area (Å²) in [5.41, 5.74) is -1.81. The highest BCUT2D eigenvalue weighted by Crippen LogP contribution is 2.44. The number of halogens is 4. The van der Waals surface area contributed by atoms with Crippen LogP contribution in [0.2, 0.25) is 0 Å². The van der Waals surface area contributed by atoms with E-state index in [0.717, 1.165) is 37.8 Å². The molecule has 110 valence electrons. The predicted molar refractivity (Wildman–Crippen MR) is 66.9 cm³/mol. The first kappa shape index (κ1) is 15.0. The van der Waals surface area contributed by atoms with Crippen LogP contribution in [0.3, 0.4) is 0 Å². The van der Waals surface area contributed by atoms with E-state index in [1.165, 1.54) is 0 Å². The fraction of sp³-hybridized carbons (Fsp3) is 0.533. The predicted octanol–water partition coefficient (Wildman–Crippen LogP) is 5.00. The number of hydrogen-bond donors (Lipinski definition) is 0. The standard InChI is InChI=1S/C15H16F4O/c1-2-14(7-3-4-8-14)13(20)10-5-6-11(12(16)9-10)15(17,18)19/h5-6,9H,2-4,7-8H2,1H3. The Morgan fingerprint density at radius 3 is 2.30 bits per heavy atom. The molecular weight excluding hydrogens is 272 g/mol. The van der Waals surface area contributed by atoms with Crippen molar-refractivity contribution in [2.75, 3.05) is 0 Å². The maximum Gasteiger partial charge on any atom is 0.419 e. The number of carbonyl (C=O) groups is 1. The van der Waals surface area contributed by atoms with Gasteiger partial charge in [-0.2, -0.15) is 13.2 Å². The van der Waals surface area contributed by atoms with E-state index in [-0.39, 0.29) is 11.3 Å². The first-order valence-corrected chi connectivity index (χ1v) is 6.72. The Bertz CT molecular complexity index is 513. The maximum absolute atomic E-state index is 13.5. The van der Waals surface area contributed by atoms with E-state index < -0.39 is 23.0 Å². The van der Waals surface area contributed by atoms with Crippen LogP contribution < -0.4 is 0 Å². The lowest BCUT2D eigenvalue weighted by Gasteiger charge is -2.26. The third-order valence-corrected chi connectivity index (χ3v) is 4.26. The van der Waals surface area contributed by atoms with Crippen LogP contribution in [0.25, 0.3) is 0 Å². The zero-order chi connectivity index (χ0) is 15.0. The van der Waals surface area contributed by atoms with Gasteiger partial charge in [-0.25, -0.2) is 4.39 Å². The Labute approximate surface area is 115 Å². The van der Waals surface area contributed by atoms with Crippen molar-refractivity contribution in [3.63, 3.8) is 0 Å². The summed E-state index contributed by atoms with van der Waals surface area (Å²) in [4.78, 5) is 12.5. The van der Waals surface area contributed by atoms with Crippen LogP contribution in [0, 0.1) is 11.2 Å². The van der Waals surface area contributed by atoms with Crippen molar-refractivity contribution in [1.82, 2.24) is 0 Å². The molecule has 2 rings (SSSR count).